The van der Waals surface area contributed by atoms with Crippen LogP contribution in [0.5, 0.6) is 0 Å². The lowest BCUT2D eigenvalue weighted by molar-refractivity contribution is 0.222. The van der Waals surface area contributed by atoms with Gasteiger partial charge in [-0.3, -0.25) is 0 Å². The molecule has 0 amide bonds. The lowest BCUT2D eigenvalue weighted by Gasteiger charge is -2.34. The molecule has 1 aromatic carbocycles. The third-order valence-corrected chi connectivity index (χ3v) is 5.16. The van der Waals surface area contributed by atoms with Crippen LogP contribution < -0.4 is 5.32 Å². The van der Waals surface area contributed by atoms with Crippen LogP contribution >= 0.6 is 15.9 Å². The summed E-state index contributed by atoms with van der Waals surface area (Å²) in [7, 11) is 0. The maximum absolute atomic E-state index is 3.86. The van der Waals surface area contributed by atoms with E-state index in [1.165, 1.54) is 31.2 Å². The van der Waals surface area contributed by atoms with E-state index in [0.717, 1.165) is 28.8 Å². The molecule has 3 unspecified atom stereocenters. The van der Waals surface area contributed by atoms with Crippen molar-refractivity contribution in [2.24, 2.45) is 11.8 Å². The van der Waals surface area contributed by atoms with Crippen LogP contribution in [0, 0.1) is 11.8 Å². The normalized spacial score (nSPS) is 24.9. The summed E-state index contributed by atoms with van der Waals surface area (Å²) < 4.78 is 1.16. The minimum absolute atomic E-state index is 0.562. The Balaban J connectivity index is 1.81. The Morgan fingerprint density at radius 2 is 1.85 bits per heavy atom. The highest BCUT2D eigenvalue weighted by atomic mass is 79.9. The first-order valence-corrected chi connectivity index (χ1v) is 8.84. The van der Waals surface area contributed by atoms with E-state index in [1.807, 2.05) is 0 Å². The predicted molar refractivity (Wildman–Crippen MR) is 91.0 cm³/mol. The van der Waals surface area contributed by atoms with Crippen molar-refractivity contribution < 1.29 is 0 Å². The topological polar surface area (TPSA) is 12.0 Å². The Morgan fingerprint density at radius 1 is 1.15 bits per heavy atom. The molecule has 2 heteroatoms. The molecule has 1 saturated carbocycles. The molecule has 0 bridgehead atoms. The Labute approximate surface area is 132 Å². The number of hydrogen-bond acceptors (Lipinski definition) is 1. The van der Waals surface area contributed by atoms with Crippen LogP contribution in [0.1, 0.15) is 52.0 Å². The minimum Gasteiger partial charge on any atom is -0.311 e. The maximum atomic E-state index is 3.86. The van der Waals surface area contributed by atoms with Gasteiger partial charge in [0.15, 0.2) is 0 Å². The fourth-order valence-electron chi connectivity index (χ4n) is 3.42. The molecule has 0 radical (unpaired) electrons. The fourth-order valence-corrected chi connectivity index (χ4v) is 3.68. The van der Waals surface area contributed by atoms with Crippen LogP contribution in [0.4, 0.5) is 0 Å². The van der Waals surface area contributed by atoms with Crippen LogP contribution in [0.3, 0.4) is 0 Å². The van der Waals surface area contributed by atoms with E-state index in [1.54, 1.807) is 0 Å². The zero-order valence-corrected chi connectivity index (χ0v) is 14.6. The van der Waals surface area contributed by atoms with E-state index in [9.17, 15) is 0 Å². The van der Waals surface area contributed by atoms with Crippen molar-refractivity contribution in [3.8, 4) is 0 Å². The van der Waals surface area contributed by atoms with Crippen LogP contribution in [0.2, 0.25) is 0 Å². The van der Waals surface area contributed by atoms with Crippen LogP contribution in [-0.2, 0) is 6.42 Å². The van der Waals surface area contributed by atoms with Crippen molar-refractivity contribution in [1.82, 2.24) is 5.32 Å². The summed E-state index contributed by atoms with van der Waals surface area (Å²) in [6.07, 6.45) is 6.66. The van der Waals surface area contributed by atoms with Gasteiger partial charge in [-0.05, 0) is 55.7 Å². The molecule has 1 aliphatic carbocycles. The van der Waals surface area contributed by atoms with Crippen LogP contribution in [-0.4, -0.2) is 12.1 Å². The molecule has 0 saturated heterocycles. The monoisotopic (exact) mass is 337 g/mol. The number of nitrogens with one attached hydrogen (secondary N) is 1. The van der Waals surface area contributed by atoms with Gasteiger partial charge in [0.05, 0.1) is 0 Å². The third kappa shape index (κ3) is 4.89. The second kappa shape index (κ2) is 7.61. The molecule has 1 fully saturated rings. The van der Waals surface area contributed by atoms with E-state index in [2.05, 4.69) is 66.3 Å². The highest BCUT2D eigenvalue weighted by molar-refractivity contribution is 9.10. The van der Waals surface area contributed by atoms with E-state index in [4.69, 9.17) is 0 Å². The van der Waals surface area contributed by atoms with Crippen molar-refractivity contribution in [1.29, 1.82) is 0 Å². The molecular weight excluding hydrogens is 310 g/mol. The second-order valence-corrected chi connectivity index (χ2v) is 7.68. The first kappa shape index (κ1) is 16.0. The quantitative estimate of drug-likeness (QED) is 0.779. The molecule has 2 rings (SSSR count). The molecule has 20 heavy (non-hydrogen) atoms. The lowest BCUT2D eigenvalue weighted by Crippen LogP contribution is -2.41. The first-order chi connectivity index (χ1) is 9.54. The summed E-state index contributed by atoms with van der Waals surface area (Å²) in [5, 5.41) is 3.86. The van der Waals surface area contributed by atoms with Gasteiger partial charge in [-0.1, -0.05) is 54.8 Å². The van der Waals surface area contributed by atoms with Crippen LogP contribution in [0.25, 0.3) is 0 Å². The highest BCUT2D eigenvalue weighted by Crippen LogP contribution is 2.30. The van der Waals surface area contributed by atoms with Gasteiger partial charge in [0.25, 0.3) is 0 Å². The predicted octanol–water partition coefficient (Wildman–Crippen LogP) is 5.18. The molecule has 1 nitrogen and oxygen atoms in total. The van der Waals surface area contributed by atoms with Crippen molar-refractivity contribution in [2.75, 3.05) is 0 Å². The summed E-state index contributed by atoms with van der Waals surface area (Å²) in [4.78, 5) is 0. The van der Waals surface area contributed by atoms with Crippen molar-refractivity contribution >= 4 is 15.9 Å². The van der Waals surface area contributed by atoms with Gasteiger partial charge < -0.3 is 5.32 Å². The Hall–Kier alpha value is -0.340. The molecule has 0 spiro atoms. The molecule has 112 valence electrons. The van der Waals surface area contributed by atoms with Gasteiger partial charge in [-0.2, -0.15) is 0 Å². The third-order valence-electron chi connectivity index (χ3n) is 4.63. The summed E-state index contributed by atoms with van der Waals surface area (Å²) in [6, 6.07) is 10.0. The SMILES string of the molecule is CC(Cc1ccc(Br)cc1)NC1CCCC(C(C)C)C1. The van der Waals surface area contributed by atoms with Gasteiger partial charge in [-0.25, -0.2) is 0 Å². The van der Waals surface area contributed by atoms with E-state index in [0.29, 0.717) is 6.04 Å². The Kier molecular flexibility index (Phi) is 6.10. The molecule has 0 aliphatic heterocycles. The average Bonchev–Trinajstić information content (AvgIpc) is 2.41. The van der Waals surface area contributed by atoms with Crippen molar-refractivity contribution in [3.05, 3.63) is 34.3 Å². The number of halogens is 1. The number of benzene rings is 1. The summed E-state index contributed by atoms with van der Waals surface area (Å²) in [6.45, 7) is 7.07. The van der Waals surface area contributed by atoms with Gasteiger partial charge >= 0.3 is 0 Å². The molecule has 1 N–H and O–H groups in total. The molecule has 0 heterocycles. The van der Waals surface area contributed by atoms with E-state index in [-0.39, 0.29) is 0 Å². The highest BCUT2D eigenvalue weighted by Gasteiger charge is 2.24. The van der Waals surface area contributed by atoms with Crippen molar-refractivity contribution in [2.45, 2.75) is 65.0 Å². The average molecular weight is 338 g/mol. The second-order valence-electron chi connectivity index (χ2n) is 6.77. The molecule has 1 aliphatic rings. The zero-order chi connectivity index (χ0) is 14.5. The summed E-state index contributed by atoms with van der Waals surface area (Å²) in [5.41, 5.74) is 1.42. The molecule has 3 atom stereocenters. The van der Waals surface area contributed by atoms with Gasteiger partial charge in [-0.15, -0.1) is 0 Å². The van der Waals surface area contributed by atoms with E-state index >= 15 is 0 Å². The van der Waals surface area contributed by atoms with Gasteiger partial charge in [0, 0.05) is 16.6 Å². The largest absolute Gasteiger partial charge is 0.311 e. The minimum atomic E-state index is 0.562. The standard InChI is InChI=1S/C18H28BrN/c1-13(2)16-5-4-6-18(12-16)20-14(3)11-15-7-9-17(19)10-8-15/h7-10,13-14,16,18,20H,4-6,11-12H2,1-3H3. The van der Waals surface area contributed by atoms with Crippen molar-refractivity contribution in [3.63, 3.8) is 0 Å². The lowest BCUT2D eigenvalue weighted by atomic mass is 9.79. The van der Waals surface area contributed by atoms with Gasteiger partial charge in [0.1, 0.15) is 0 Å². The molecule has 1 aromatic rings. The fraction of sp³-hybridized carbons (Fsp3) is 0.667. The molecular formula is C18H28BrN. The first-order valence-electron chi connectivity index (χ1n) is 8.05. The summed E-state index contributed by atoms with van der Waals surface area (Å²) >= 11 is 3.50. The van der Waals surface area contributed by atoms with Crippen LogP contribution in [0.15, 0.2) is 28.7 Å². The van der Waals surface area contributed by atoms with Gasteiger partial charge in [0.2, 0.25) is 0 Å². The van der Waals surface area contributed by atoms with E-state index < -0.39 is 0 Å². The zero-order valence-electron chi connectivity index (χ0n) is 13.0. The Morgan fingerprint density at radius 3 is 2.50 bits per heavy atom. The number of hydrogen-bond donors (Lipinski definition) is 1. The Bertz CT molecular complexity index is 398. The number of rotatable bonds is 5. The summed E-state index contributed by atoms with van der Waals surface area (Å²) in [5.74, 6) is 1.75. The molecule has 0 aromatic heterocycles. The maximum Gasteiger partial charge on any atom is 0.0175 e. The smallest absolute Gasteiger partial charge is 0.0175 e.